The van der Waals surface area contributed by atoms with Gasteiger partial charge in [0.15, 0.2) is 0 Å². The van der Waals surface area contributed by atoms with Crippen molar-refractivity contribution in [2.45, 2.75) is 50.2 Å². The number of aliphatic hydroxyl groups is 4. The smallest absolute Gasteiger partial charge is 0.240 e. The zero-order valence-corrected chi connectivity index (χ0v) is 14.6. The molecule has 146 valence electrons. The molecule has 0 spiro atoms. The van der Waals surface area contributed by atoms with Gasteiger partial charge in [-0.25, -0.2) is 4.98 Å². The SMILES string of the molecule is CCNC(=O)C1C(O)C(O)C(O)C(CO)N1CCCc1ccc(F)nc1. The highest BCUT2D eigenvalue weighted by Gasteiger charge is 2.49. The van der Waals surface area contributed by atoms with E-state index in [1.165, 1.54) is 17.2 Å². The quantitative estimate of drug-likeness (QED) is 0.366. The number of aromatic nitrogens is 1. The molecule has 1 aromatic rings. The Morgan fingerprint density at radius 3 is 2.58 bits per heavy atom. The van der Waals surface area contributed by atoms with Crippen LogP contribution in [0.4, 0.5) is 4.39 Å². The summed E-state index contributed by atoms with van der Waals surface area (Å²) in [5, 5.41) is 42.7. The number of nitrogens with zero attached hydrogens (tertiary/aromatic N) is 2. The van der Waals surface area contributed by atoms with Gasteiger partial charge in [0.05, 0.1) is 12.6 Å². The van der Waals surface area contributed by atoms with Gasteiger partial charge in [-0.05, 0) is 37.9 Å². The maximum atomic E-state index is 12.9. The maximum absolute atomic E-state index is 12.9. The summed E-state index contributed by atoms with van der Waals surface area (Å²) < 4.78 is 12.9. The molecule has 1 saturated heterocycles. The minimum absolute atomic E-state index is 0.283. The number of amides is 1. The van der Waals surface area contributed by atoms with Gasteiger partial charge < -0.3 is 25.7 Å². The molecule has 9 heteroatoms. The first-order chi connectivity index (χ1) is 12.4. The number of nitrogens with one attached hydrogen (secondary N) is 1. The third kappa shape index (κ3) is 4.54. The van der Waals surface area contributed by atoms with Gasteiger partial charge in [-0.3, -0.25) is 9.69 Å². The van der Waals surface area contributed by atoms with Gasteiger partial charge in [0, 0.05) is 12.7 Å². The van der Waals surface area contributed by atoms with Crippen LogP contribution < -0.4 is 5.32 Å². The molecule has 1 fully saturated rings. The van der Waals surface area contributed by atoms with E-state index in [-0.39, 0.29) is 6.54 Å². The van der Waals surface area contributed by atoms with Crippen LogP contribution in [-0.4, -0.2) is 86.3 Å². The molecule has 26 heavy (non-hydrogen) atoms. The molecule has 8 nitrogen and oxygen atoms in total. The third-order valence-corrected chi connectivity index (χ3v) is 4.68. The summed E-state index contributed by atoms with van der Waals surface area (Å²) >= 11 is 0. The Balaban J connectivity index is 2.12. The van der Waals surface area contributed by atoms with E-state index in [1.54, 1.807) is 13.0 Å². The number of pyridine rings is 1. The number of carbonyl (C=O) groups excluding carboxylic acids is 1. The predicted octanol–water partition coefficient (Wildman–Crippen LogP) is -1.58. The number of likely N-dealkylation sites (tertiary alicyclic amines) is 1. The first kappa shape index (κ1) is 20.7. The number of hydrogen-bond acceptors (Lipinski definition) is 7. The molecule has 0 aromatic carbocycles. The van der Waals surface area contributed by atoms with Crippen LogP contribution in [0, 0.1) is 5.95 Å². The van der Waals surface area contributed by atoms with Crippen molar-refractivity contribution in [3.8, 4) is 0 Å². The average molecular weight is 371 g/mol. The van der Waals surface area contributed by atoms with Crippen molar-refractivity contribution in [3.63, 3.8) is 0 Å². The molecular weight excluding hydrogens is 345 g/mol. The maximum Gasteiger partial charge on any atom is 0.240 e. The Morgan fingerprint density at radius 2 is 2.00 bits per heavy atom. The fourth-order valence-corrected chi connectivity index (χ4v) is 3.34. The van der Waals surface area contributed by atoms with Crippen molar-refractivity contribution in [2.75, 3.05) is 19.7 Å². The molecule has 0 aliphatic carbocycles. The van der Waals surface area contributed by atoms with Crippen LogP contribution in [0.5, 0.6) is 0 Å². The van der Waals surface area contributed by atoms with Gasteiger partial charge in [-0.2, -0.15) is 4.39 Å². The summed E-state index contributed by atoms with van der Waals surface area (Å²) in [5.74, 6) is -1.05. The number of rotatable bonds is 7. The molecule has 0 radical (unpaired) electrons. The molecule has 0 bridgehead atoms. The van der Waals surface area contributed by atoms with Crippen molar-refractivity contribution in [1.82, 2.24) is 15.2 Å². The Labute approximate surface area is 151 Å². The first-order valence-corrected chi connectivity index (χ1v) is 8.69. The van der Waals surface area contributed by atoms with E-state index in [4.69, 9.17) is 0 Å². The van der Waals surface area contributed by atoms with E-state index in [0.29, 0.717) is 19.4 Å². The molecular formula is C17H26FN3O5. The third-order valence-electron chi connectivity index (χ3n) is 4.68. The van der Waals surface area contributed by atoms with Crippen LogP contribution in [0.25, 0.3) is 0 Å². The van der Waals surface area contributed by atoms with Gasteiger partial charge in [0.1, 0.15) is 24.4 Å². The lowest BCUT2D eigenvalue weighted by Crippen LogP contribution is -2.70. The van der Waals surface area contributed by atoms with Crippen LogP contribution in [0.15, 0.2) is 18.3 Å². The van der Waals surface area contributed by atoms with Crippen molar-refractivity contribution >= 4 is 5.91 Å². The van der Waals surface area contributed by atoms with Crippen molar-refractivity contribution in [3.05, 3.63) is 29.8 Å². The Bertz CT molecular complexity index is 588. The van der Waals surface area contributed by atoms with E-state index in [2.05, 4.69) is 10.3 Å². The highest BCUT2D eigenvalue weighted by atomic mass is 19.1. The number of piperidine rings is 1. The zero-order valence-electron chi connectivity index (χ0n) is 14.6. The van der Waals surface area contributed by atoms with E-state index >= 15 is 0 Å². The standard InChI is InChI=1S/C17H26FN3O5/c1-2-19-17(26)13-15(24)16(25)14(23)11(9-22)21(13)7-3-4-10-5-6-12(18)20-8-10/h5-6,8,11,13-16,22-25H,2-4,7,9H2,1H3,(H,19,26). The molecule has 5 atom stereocenters. The Hall–Kier alpha value is -1.65. The molecule has 1 aliphatic rings. The zero-order chi connectivity index (χ0) is 19.3. The second kappa shape index (κ2) is 9.33. The Kier molecular flexibility index (Phi) is 7.42. The molecule has 1 aromatic heterocycles. The van der Waals surface area contributed by atoms with E-state index in [0.717, 1.165) is 5.56 Å². The molecule has 1 amide bonds. The minimum Gasteiger partial charge on any atom is -0.395 e. The van der Waals surface area contributed by atoms with Gasteiger partial charge in [-0.15, -0.1) is 0 Å². The number of halogens is 1. The molecule has 5 N–H and O–H groups in total. The second-order valence-electron chi connectivity index (χ2n) is 6.39. The topological polar surface area (TPSA) is 126 Å². The molecule has 5 unspecified atom stereocenters. The monoisotopic (exact) mass is 371 g/mol. The molecule has 0 saturated carbocycles. The highest BCUT2D eigenvalue weighted by molar-refractivity contribution is 5.82. The van der Waals surface area contributed by atoms with Gasteiger partial charge >= 0.3 is 0 Å². The molecule has 2 rings (SSSR count). The summed E-state index contributed by atoms with van der Waals surface area (Å²) in [4.78, 5) is 17.5. The first-order valence-electron chi connectivity index (χ1n) is 8.69. The number of aryl methyl sites for hydroxylation is 1. The summed E-state index contributed by atoms with van der Waals surface area (Å²) in [5.41, 5.74) is 0.805. The predicted molar refractivity (Wildman–Crippen MR) is 90.6 cm³/mol. The van der Waals surface area contributed by atoms with E-state index in [1.807, 2.05) is 0 Å². The average Bonchev–Trinajstić information content (AvgIpc) is 2.62. The van der Waals surface area contributed by atoms with Crippen LogP contribution in [0.3, 0.4) is 0 Å². The summed E-state index contributed by atoms with van der Waals surface area (Å²) in [6, 6.07) is 0.898. The summed E-state index contributed by atoms with van der Waals surface area (Å²) in [6.07, 6.45) is -1.91. The molecule has 1 aliphatic heterocycles. The molecule has 2 heterocycles. The van der Waals surface area contributed by atoms with Gasteiger partial charge in [0.25, 0.3) is 0 Å². The minimum atomic E-state index is -1.53. The van der Waals surface area contributed by atoms with Crippen molar-refractivity contribution in [1.29, 1.82) is 0 Å². The van der Waals surface area contributed by atoms with Crippen LogP contribution in [-0.2, 0) is 11.2 Å². The van der Waals surface area contributed by atoms with Crippen molar-refractivity contribution in [2.24, 2.45) is 0 Å². The normalized spacial score (nSPS) is 29.5. The number of carbonyl (C=O) groups is 1. The van der Waals surface area contributed by atoms with E-state index < -0.39 is 48.9 Å². The Morgan fingerprint density at radius 1 is 1.27 bits per heavy atom. The van der Waals surface area contributed by atoms with Gasteiger partial charge in [-0.1, -0.05) is 6.07 Å². The number of likely N-dealkylation sites (N-methyl/N-ethyl adjacent to an activating group) is 1. The summed E-state index contributed by atoms with van der Waals surface area (Å²) in [6.45, 7) is 1.89. The van der Waals surface area contributed by atoms with Crippen molar-refractivity contribution < 1.29 is 29.6 Å². The fraction of sp³-hybridized carbons (Fsp3) is 0.647. The number of aliphatic hydroxyl groups excluding tert-OH is 4. The highest BCUT2D eigenvalue weighted by Crippen LogP contribution is 2.25. The summed E-state index contributed by atoms with van der Waals surface area (Å²) in [7, 11) is 0. The largest absolute Gasteiger partial charge is 0.395 e. The van der Waals surface area contributed by atoms with E-state index in [9.17, 15) is 29.6 Å². The van der Waals surface area contributed by atoms with Crippen LogP contribution >= 0.6 is 0 Å². The van der Waals surface area contributed by atoms with Gasteiger partial charge in [0.2, 0.25) is 11.9 Å². The number of hydrogen-bond donors (Lipinski definition) is 5. The fourth-order valence-electron chi connectivity index (χ4n) is 3.34. The lowest BCUT2D eigenvalue weighted by Gasteiger charge is -2.47. The lowest BCUT2D eigenvalue weighted by atomic mass is 9.87. The van der Waals surface area contributed by atoms with Crippen LogP contribution in [0.1, 0.15) is 18.9 Å². The van der Waals surface area contributed by atoms with Crippen LogP contribution in [0.2, 0.25) is 0 Å². The second-order valence-corrected chi connectivity index (χ2v) is 6.39. The lowest BCUT2D eigenvalue weighted by molar-refractivity contribution is -0.178.